The minimum absolute atomic E-state index is 0. The van der Waals surface area contributed by atoms with Crippen molar-refractivity contribution in [1.29, 1.82) is 5.26 Å². The normalized spacial score (nSPS) is 8.94. The molecule has 0 bridgehead atoms. The van der Waals surface area contributed by atoms with Crippen LogP contribution in [0.3, 0.4) is 0 Å². The monoisotopic (exact) mass is 233 g/mol. The second-order valence-corrected chi connectivity index (χ2v) is 3.63. The van der Waals surface area contributed by atoms with Gasteiger partial charge in [-0.05, 0) is 23.3 Å². The number of hydrogen-bond acceptors (Lipinski definition) is 2. The molecular weight excluding hydrogens is 225 g/mol. The van der Waals surface area contributed by atoms with Crippen LogP contribution in [-0.2, 0) is 12.6 Å². The van der Waals surface area contributed by atoms with E-state index < -0.39 is 0 Å². The van der Waals surface area contributed by atoms with Crippen molar-refractivity contribution >= 4 is 12.6 Å². The van der Waals surface area contributed by atoms with Crippen molar-refractivity contribution in [3.8, 4) is 17.2 Å². The zero-order valence-electron chi connectivity index (χ0n) is 8.97. The van der Waals surface area contributed by atoms with Gasteiger partial charge in [0.15, 0.2) is 0 Å². The molecule has 3 heteroatoms. The van der Waals surface area contributed by atoms with E-state index in [9.17, 15) is 0 Å². The van der Waals surface area contributed by atoms with Crippen LogP contribution in [0, 0.1) is 11.3 Å². The van der Waals surface area contributed by atoms with Gasteiger partial charge in [0.05, 0.1) is 11.6 Å². The van der Waals surface area contributed by atoms with Gasteiger partial charge in [0.25, 0.3) is 0 Å². The second-order valence-electron chi connectivity index (χ2n) is 3.19. The topological polar surface area (TPSA) is 23.8 Å². The summed E-state index contributed by atoms with van der Waals surface area (Å²) in [4.78, 5) is 0.835. The summed E-state index contributed by atoms with van der Waals surface area (Å²) in [5, 5.41) is 8.68. The van der Waals surface area contributed by atoms with E-state index >= 15 is 0 Å². The molecule has 0 heterocycles. The number of nitriles is 1. The van der Waals surface area contributed by atoms with Crippen molar-refractivity contribution in [3.05, 3.63) is 54.1 Å². The molecule has 0 aliphatic carbocycles. The molecule has 0 aliphatic rings. The van der Waals surface area contributed by atoms with E-state index in [0.717, 1.165) is 16.0 Å². The van der Waals surface area contributed by atoms with E-state index in [1.807, 2.05) is 36.4 Å². The molecule has 0 amide bonds. The van der Waals surface area contributed by atoms with Gasteiger partial charge in [-0.25, -0.2) is 0 Å². The van der Waals surface area contributed by atoms with Crippen LogP contribution in [0.25, 0.3) is 11.1 Å². The van der Waals surface area contributed by atoms with Crippen molar-refractivity contribution in [1.82, 2.24) is 0 Å². The second kappa shape index (κ2) is 6.03. The molecule has 0 spiro atoms. The first-order chi connectivity index (χ1) is 7.31. The summed E-state index contributed by atoms with van der Waals surface area (Å²) in [6, 6.07) is 17.3. The van der Waals surface area contributed by atoms with Crippen LogP contribution in [0.4, 0.5) is 0 Å². The largest absolute Gasteiger partial charge is 1.00 e. The molecule has 16 heavy (non-hydrogen) atoms. The minimum Gasteiger partial charge on any atom is -0.779 e. The molecule has 1 nitrogen and oxygen atoms in total. The molecular formula is C13H8NNaS. The molecule has 0 atom stereocenters. The molecule has 0 aliphatic heterocycles. The fourth-order valence-corrected chi connectivity index (χ4v) is 1.69. The van der Waals surface area contributed by atoms with Crippen molar-refractivity contribution in [2.45, 2.75) is 4.90 Å². The van der Waals surface area contributed by atoms with Gasteiger partial charge in [-0.3, -0.25) is 0 Å². The third-order valence-corrected chi connectivity index (χ3v) is 2.57. The van der Waals surface area contributed by atoms with Crippen molar-refractivity contribution in [2.75, 3.05) is 0 Å². The summed E-state index contributed by atoms with van der Waals surface area (Å²) in [6.07, 6.45) is 0. The smallest absolute Gasteiger partial charge is 0.779 e. The summed E-state index contributed by atoms with van der Waals surface area (Å²) in [5.74, 6) is 0. The summed E-state index contributed by atoms with van der Waals surface area (Å²) in [7, 11) is 0. The Bertz CT molecular complexity index is 514. The van der Waals surface area contributed by atoms with Gasteiger partial charge in [-0.1, -0.05) is 36.4 Å². The molecule has 0 aromatic heterocycles. The molecule has 0 saturated carbocycles. The van der Waals surface area contributed by atoms with Crippen molar-refractivity contribution in [3.63, 3.8) is 0 Å². The molecule has 2 aromatic carbocycles. The molecule has 2 rings (SSSR count). The SMILES string of the molecule is N#Cc1ccc(-c2ccccc2[S-])cc1.[Na+]. The van der Waals surface area contributed by atoms with E-state index in [1.165, 1.54) is 0 Å². The molecule has 72 valence electrons. The van der Waals surface area contributed by atoms with Gasteiger partial charge in [-0.15, -0.1) is 0 Å². The van der Waals surface area contributed by atoms with E-state index in [2.05, 4.69) is 6.07 Å². The first-order valence-corrected chi connectivity index (χ1v) is 4.98. The number of hydrogen-bond donors (Lipinski definition) is 0. The van der Waals surface area contributed by atoms with Crippen LogP contribution in [0.1, 0.15) is 5.56 Å². The van der Waals surface area contributed by atoms with E-state index in [1.54, 1.807) is 12.1 Å². The Morgan fingerprint density at radius 1 is 0.938 bits per heavy atom. The standard InChI is InChI=1S/C13H9NS.Na/c14-9-10-5-7-11(8-6-10)12-3-1-2-4-13(12)15;/h1-8,15H;/q;+1/p-1. The van der Waals surface area contributed by atoms with E-state index in [-0.39, 0.29) is 29.6 Å². The van der Waals surface area contributed by atoms with Gasteiger partial charge in [0, 0.05) is 0 Å². The Balaban J connectivity index is 0.00000128. The van der Waals surface area contributed by atoms with Gasteiger partial charge >= 0.3 is 29.6 Å². The van der Waals surface area contributed by atoms with Crippen molar-refractivity contribution < 1.29 is 29.6 Å². The van der Waals surface area contributed by atoms with Crippen LogP contribution in [0.2, 0.25) is 0 Å². The molecule has 0 radical (unpaired) electrons. The Kier molecular flexibility index (Phi) is 4.98. The quantitative estimate of drug-likeness (QED) is 0.516. The maximum atomic E-state index is 8.68. The Hall–Kier alpha value is -0.850. The number of benzene rings is 2. The molecule has 0 unspecified atom stereocenters. The molecule has 2 aromatic rings. The zero-order valence-corrected chi connectivity index (χ0v) is 11.8. The predicted octanol–water partition coefficient (Wildman–Crippen LogP) is 0.135. The third-order valence-electron chi connectivity index (χ3n) is 2.21. The predicted molar refractivity (Wildman–Crippen MR) is 62.2 cm³/mol. The van der Waals surface area contributed by atoms with Gasteiger partial charge in [0.2, 0.25) is 0 Å². The van der Waals surface area contributed by atoms with Crippen LogP contribution in [0.15, 0.2) is 53.4 Å². The first kappa shape index (κ1) is 13.2. The zero-order chi connectivity index (χ0) is 10.7. The fourth-order valence-electron chi connectivity index (χ4n) is 1.43. The van der Waals surface area contributed by atoms with Crippen molar-refractivity contribution in [2.24, 2.45) is 0 Å². The molecule has 0 fully saturated rings. The summed E-state index contributed by atoms with van der Waals surface area (Å²) < 4.78 is 0. The van der Waals surface area contributed by atoms with Crippen LogP contribution in [0.5, 0.6) is 0 Å². The Morgan fingerprint density at radius 3 is 2.12 bits per heavy atom. The summed E-state index contributed by atoms with van der Waals surface area (Å²) >= 11 is 5.23. The Morgan fingerprint density at radius 2 is 1.56 bits per heavy atom. The van der Waals surface area contributed by atoms with E-state index in [0.29, 0.717) is 5.56 Å². The molecule has 0 N–H and O–H groups in total. The van der Waals surface area contributed by atoms with Gasteiger partial charge < -0.3 is 12.6 Å². The maximum Gasteiger partial charge on any atom is 1.00 e. The third kappa shape index (κ3) is 2.84. The average Bonchev–Trinajstić information content (AvgIpc) is 2.30. The van der Waals surface area contributed by atoms with Crippen LogP contribution in [-0.4, -0.2) is 0 Å². The van der Waals surface area contributed by atoms with Crippen LogP contribution < -0.4 is 29.6 Å². The average molecular weight is 233 g/mol. The number of nitrogens with zero attached hydrogens (tertiary/aromatic N) is 1. The van der Waals surface area contributed by atoms with Crippen LogP contribution >= 0.6 is 0 Å². The minimum atomic E-state index is 0. The summed E-state index contributed by atoms with van der Waals surface area (Å²) in [6.45, 7) is 0. The maximum absolute atomic E-state index is 8.68. The fraction of sp³-hybridized carbons (Fsp3) is 0. The first-order valence-electron chi connectivity index (χ1n) is 4.58. The Labute approximate surface area is 123 Å². The van der Waals surface area contributed by atoms with Gasteiger partial charge in [0.1, 0.15) is 0 Å². The van der Waals surface area contributed by atoms with E-state index in [4.69, 9.17) is 17.9 Å². The van der Waals surface area contributed by atoms with Gasteiger partial charge in [-0.2, -0.15) is 10.2 Å². The molecule has 0 saturated heterocycles. The number of rotatable bonds is 1. The summed E-state index contributed by atoms with van der Waals surface area (Å²) in [5.41, 5.74) is 2.76.